The van der Waals surface area contributed by atoms with Gasteiger partial charge in [0.15, 0.2) is 0 Å². The lowest BCUT2D eigenvalue weighted by Crippen LogP contribution is -1.87. The van der Waals surface area contributed by atoms with E-state index in [0.29, 0.717) is 43.4 Å². The fourth-order valence-electron chi connectivity index (χ4n) is 4.72. The molecule has 0 bridgehead atoms. The van der Waals surface area contributed by atoms with E-state index in [1.165, 1.54) is 41.7 Å². The molecular weight excluding hydrogens is 676 g/mol. The highest BCUT2D eigenvalue weighted by Gasteiger charge is 2.10. The summed E-state index contributed by atoms with van der Waals surface area (Å²) in [4.78, 5) is 2.16. The van der Waals surface area contributed by atoms with E-state index in [0.717, 1.165) is 26.5 Å². The van der Waals surface area contributed by atoms with Crippen molar-refractivity contribution in [3.05, 3.63) is 162 Å². The Kier molecular flexibility index (Phi) is 11.9. The van der Waals surface area contributed by atoms with E-state index in [-0.39, 0.29) is 17.5 Å². The Morgan fingerprint density at radius 3 is 1.08 bits per heavy atom. The Balaban J connectivity index is 0.000000244. The highest BCUT2D eigenvalue weighted by molar-refractivity contribution is 8.16. The summed E-state index contributed by atoms with van der Waals surface area (Å²) >= 11 is 7.02. The minimum atomic E-state index is -0.326. The number of halogens is 3. The number of benzene rings is 6. The van der Waals surface area contributed by atoms with Crippen molar-refractivity contribution >= 4 is 36.2 Å². The monoisotopic (exact) mass is 699 g/mol. The molecule has 238 valence electrons. The molecule has 49 heavy (non-hydrogen) atoms. The largest absolute Gasteiger partial charge is 0.206 e. The molecule has 0 atom stereocenters. The molecular formula is C40H24F3N3S3. The number of nitriles is 3. The first-order valence-corrected chi connectivity index (χ1v) is 17.0. The molecule has 0 heterocycles. The van der Waals surface area contributed by atoms with Crippen molar-refractivity contribution in [2.75, 3.05) is 5.08 Å². The predicted octanol–water partition coefficient (Wildman–Crippen LogP) is 11.5. The highest BCUT2D eigenvalue weighted by Crippen LogP contribution is 2.33. The third-order valence-electron chi connectivity index (χ3n) is 7.26. The molecule has 0 spiro atoms. The number of thioether (sulfide) groups is 2. The van der Waals surface area contributed by atoms with Crippen molar-refractivity contribution in [1.29, 1.82) is 15.8 Å². The van der Waals surface area contributed by atoms with Crippen LogP contribution in [-0.2, 0) is 0 Å². The van der Waals surface area contributed by atoms with Gasteiger partial charge in [0, 0.05) is 36.5 Å². The maximum atomic E-state index is 14.6. The number of hydrogen-bond donors (Lipinski definition) is 1. The number of rotatable bonds is 7. The molecule has 3 nitrogen and oxygen atoms in total. The molecule has 0 aliphatic carbocycles. The summed E-state index contributed by atoms with van der Waals surface area (Å²) < 4.78 is 42.8. The topological polar surface area (TPSA) is 71.4 Å². The summed E-state index contributed by atoms with van der Waals surface area (Å²) in [5.41, 5.74) is 5.30. The maximum Gasteiger partial charge on any atom is 0.132 e. The van der Waals surface area contributed by atoms with Crippen LogP contribution < -0.4 is 0 Å². The van der Waals surface area contributed by atoms with Crippen molar-refractivity contribution in [3.63, 3.8) is 0 Å². The van der Waals surface area contributed by atoms with Crippen LogP contribution in [0.25, 0.3) is 33.4 Å². The summed E-state index contributed by atoms with van der Waals surface area (Å²) in [6.07, 6.45) is 0. The summed E-state index contributed by atoms with van der Waals surface area (Å²) in [5.74, 6) is -0.961. The molecule has 6 rings (SSSR count). The van der Waals surface area contributed by atoms with Gasteiger partial charge in [-0.3, -0.25) is 0 Å². The molecule has 0 saturated carbocycles. The van der Waals surface area contributed by atoms with Crippen LogP contribution in [0.2, 0.25) is 0 Å². The Morgan fingerprint density at radius 2 is 0.776 bits per heavy atom. The van der Waals surface area contributed by atoms with Crippen molar-refractivity contribution in [2.24, 2.45) is 0 Å². The molecule has 0 amide bonds. The molecule has 0 aliphatic rings. The molecule has 0 saturated heterocycles. The van der Waals surface area contributed by atoms with E-state index < -0.39 is 0 Å². The fourth-order valence-corrected chi connectivity index (χ4v) is 6.93. The number of hydrogen-bond acceptors (Lipinski definition) is 6. The summed E-state index contributed by atoms with van der Waals surface area (Å²) in [7, 11) is 0. The van der Waals surface area contributed by atoms with Gasteiger partial charge < -0.3 is 0 Å². The third-order valence-corrected chi connectivity index (χ3v) is 9.66. The fraction of sp³-hybridized carbons (Fsp3) is 0.0250. The van der Waals surface area contributed by atoms with Gasteiger partial charge in [0.05, 0.1) is 34.9 Å². The van der Waals surface area contributed by atoms with E-state index in [2.05, 4.69) is 24.8 Å². The highest BCUT2D eigenvalue weighted by atomic mass is 32.2. The van der Waals surface area contributed by atoms with Gasteiger partial charge in [-0.1, -0.05) is 54.6 Å². The van der Waals surface area contributed by atoms with E-state index in [9.17, 15) is 13.2 Å². The van der Waals surface area contributed by atoms with Gasteiger partial charge in [-0.05, 0) is 89.5 Å². The first-order valence-electron chi connectivity index (χ1n) is 14.6. The van der Waals surface area contributed by atoms with E-state index in [1.54, 1.807) is 97.1 Å². The molecule has 0 radical (unpaired) electrons. The molecule has 0 aromatic heterocycles. The van der Waals surface area contributed by atoms with Gasteiger partial charge in [-0.2, -0.15) is 15.8 Å². The first-order chi connectivity index (χ1) is 23.8. The second-order valence-corrected chi connectivity index (χ2v) is 13.4. The van der Waals surface area contributed by atoms with Crippen molar-refractivity contribution in [3.8, 4) is 51.6 Å². The second kappa shape index (κ2) is 16.6. The van der Waals surface area contributed by atoms with Crippen LogP contribution in [0.1, 0.15) is 16.7 Å². The Morgan fingerprint density at radius 1 is 0.449 bits per heavy atom. The average Bonchev–Trinajstić information content (AvgIpc) is 3.12. The minimum Gasteiger partial charge on any atom is -0.206 e. The van der Waals surface area contributed by atoms with Gasteiger partial charge in [0.25, 0.3) is 0 Å². The molecule has 0 N–H and O–H groups in total. The standard InChI is InChI=1S/C27H16F2N2S2.C13H8FNS/c28-26-13-22(9-11-24(26)20-5-1-18(15-30)2-6-20)32-17-33-23-10-12-25(27(29)14-23)21-7-3-19(16-31)4-8-21;14-13-7-11(16)5-6-12(13)10-3-1-9(8-15)2-4-10/h1-14H,17H2;1-7,16H. The Labute approximate surface area is 296 Å². The summed E-state index contributed by atoms with van der Waals surface area (Å²) in [6.45, 7) is 0. The van der Waals surface area contributed by atoms with Crippen LogP contribution in [-0.4, -0.2) is 5.08 Å². The number of nitrogens with zero attached hydrogens (tertiary/aromatic N) is 3. The van der Waals surface area contributed by atoms with Crippen LogP contribution in [0, 0.1) is 51.4 Å². The molecule has 0 unspecified atom stereocenters. The van der Waals surface area contributed by atoms with Gasteiger partial charge in [-0.25, -0.2) is 13.2 Å². The lowest BCUT2D eigenvalue weighted by atomic mass is 10.0. The van der Waals surface area contributed by atoms with Crippen molar-refractivity contribution in [1.82, 2.24) is 0 Å². The molecule has 0 fully saturated rings. The zero-order valence-corrected chi connectivity index (χ0v) is 28.1. The average molecular weight is 700 g/mol. The van der Waals surface area contributed by atoms with Crippen LogP contribution in [0.4, 0.5) is 13.2 Å². The number of thiol groups is 1. The smallest absolute Gasteiger partial charge is 0.132 e. The van der Waals surface area contributed by atoms with E-state index in [1.807, 2.05) is 18.2 Å². The van der Waals surface area contributed by atoms with Crippen molar-refractivity contribution < 1.29 is 13.2 Å². The normalized spacial score (nSPS) is 10.2. The quantitative estimate of drug-likeness (QED) is 0.102. The van der Waals surface area contributed by atoms with E-state index in [4.69, 9.17) is 15.8 Å². The first kappa shape index (κ1) is 35.0. The van der Waals surface area contributed by atoms with Crippen LogP contribution >= 0.6 is 36.2 Å². The SMILES string of the molecule is N#Cc1ccc(-c2ccc(S)cc2F)cc1.N#Cc1ccc(-c2ccc(SCSc3ccc(-c4ccc(C#N)cc4)c(F)c3)cc2F)cc1. The molecule has 9 heteroatoms. The van der Waals surface area contributed by atoms with E-state index >= 15 is 0 Å². The minimum absolute atomic E-state index is 0.308. The molecule has 6 aromatic carbocycles. The van der Waals surface area contributed by atoms with Gasteiger partial charge in [0.2, 0.25) is 0 Å². The van der Waals surface area contributed by atoms with Crippen molar-refractivity contribution in [2.45, 2.75) is 14.7 Å². The molecule has 0 aliphatic heterocycles. The van der Waals surface area contributed by atoms with Gasteiger partial charge in [0.1, 0.15) is 17.5 Å². The Hall–Kier alpha value is -5.37. The lowest BCUT2D eigenvalue weighted by Gasteiger charge is -2.08. The summed E-state index contributed by atoms with van der Waals surface area (Å²) in [5, 5.41) is 27.0. The van der Waals surface area contributed by atoms with Gasteiger partial charge >= 0.3 is 0 Å². The van der Waals surface area contributed by atoms with Gasteiger partial charge in [-0.15, -0.1) is 36.2 Å². The maximum absolute atomic E-state index is 14.6. The molecule has 6 aromatic rings. The van der Waals surface area contributed by atoms with Crippen LogP contribution in [0.15, 0.2) is 142 Å². The summed E-state index contributed by atoms with van der Waals surface area (Å²) in [6, 6.07) is 41.5. The zero-order chi connectivity index (χ0) is 34.8. The third kappa shape index (κ3) is 9.16. The lowest BCUT2D eigenvalue weighted by molar-refractivity contribution is 0.627. The predicted molar refractivity (Wildman–Crippen MR) is 193 cm³/mol. The van der Waals surface area contributed by atoms with Crippen LogP contribution in [0.5, 0.6) is 0 Å². The second-order valence-electron chi connectivity index (χ2n) is 10.4. The zero-order valence-electron chi connectivity index (χ0n) is 25.6. The Bertz CT molecular complexity index is 2110. The van der Waals surface area contributed by atoms with Crippen LogP contribution in [0.3, 0.4) is 0 Å².